The van der Waals surface area contributed by atoms with E-state index in [0.717, 1.165) is 0 Å². The van der Waals surface area contributed by atoms with Crippen LogP contribution in [-0.2, 0) is 18.8 Å². The van der Waals surface area contributed by atoms with E-state index < -0.39 is 0 Å². The number of rotatable bonds is 0. The smallest absolute Gasteiger partial charge is 0.693 e. The number of hydrogen-bond donors (Lipinski definition) is 0. The molecule has 0 aliphatic heterocycles. The summed E-state index contributed by atoms with van der Waals surface area (Å²) in [5.74, 6) is 0. The molecule has 0 radical (unpaired) electrons. The first-order valence-corrected chi connectivity index (χ1v) is 5.63. The van der Waals surface area contributed by atoms with Crippen LogP contribution in [-0.4, -0.2) is 0 Å². The van der Waals surface area contributed by atoms with Crippen molar-refractivity contribution in [3.8, 4) is 6.07 Å². The first-order chi connectivity index (χ1) is 4.33. The molecule has 0 saturated heterocycles. The Kier molecular flexibility index (Phi) is 318. The Morgan fingerprint density at radius 3 is 1.25 bits per heavy atom. The second-order valence-electron chi connectivity index (χ2n) is 1.22. The summed E-state index contributed by atoms with van der Waals surface area (Å²) in [6.07, 6.45) is 1.88. The van der Waals surface area contributed by atoms with E-state index in [1.165, 1.54) is 6.42 Å². The van der Waals surface area contributed by atoms with Gasteiger partial charge in [-0.1, -0.05) is 27.2 Å². The SMILES string of the molecule is CCC.CCC#N.Cl.[Cl][Pt].[NH2-].[NH2-]. The van der Waals surface area contributed by atoms with E-state index in [2.05, 4.69) is 23.3 Å². The van der Waals surface area contributed by atoms with Crippen LogP contribution in [0.3, 0.4) is 0 Å². The van der Waals surface area contributed by atoms with Gasteiger partial charge in [0.25, 0.3) is 0 Å². The maximum absolute atomic E-state index is 7.62. The second kappa shape index (κ2) is 98.4. The molecule has 4 N–H and O–H groups in total. The van der Waals surface area contributed by atoms with Crippen LogP contribution in [0.25, 0.3) is 12.3 Å². The zero-order chi connectivity index (χ0) is 8.12. The summed E-state index contributed by atoms with van der Waals surface area (Å²) in [6, 6.07) is 1.93. The van der Waals surface area contributed by atoms with Gasteiger partial charge >= 0.3 is 28.2 Å². The zero-order valence-corrected chi connectivity index (χ0v) is 11.5. The third-order valence-corrected chi connectivity index (χ3v) is 0.158. The van der Waals surface area contributed by atoms with Gasteiger partial charge in [-0.05, 0) is 0 Å². The monoisotopic (exact) mass is 397 g/mol. The Morgan fingerprint density at radius 2 is 1.25 bits per heavy atom. The molecule has 0 amide bonds. The van der Waals surface area contributed by atoms with Crippen molar-refractivity contribution in [1.82, 2.24) is 0 Å². The fourth-order valence-corrected chi connectivity index (χ4v) is 0. The molecule has 3 nitrogen and oxygen atoms in total. The van der Waals surface area contributed by atoms with Crippen molar-refractivity contribution in [2.75, 3.05) is 0 Å². The van der Waals surface area contributed by atoms with Crippen LogP contribution in [0, 0.1) is 11.3 Å². The molecule has 0 spiro atoms. The van der Waals surface area contributed by atoms with E-state index in [1.807, 2.05) is 13.0 Å². The normalized spacial score (nSPS) is 3.75. The van der Waals surface area contributed by atoms with E-state index in [9.17, 15) is 0 Å². The second-order valence-corrected chi connectivity index (χ2v) is 1.22. The van der Waals surface area contributed by atoms with Crippen LogP contribution in [0.15, 0.2) is 0 Å². The maximum Gasteiger partial charge on any atom is -0.693 e. The molecule has 0 saturated carbocycles. The molecule has 0 bridgehead atoms. The standard InChI is InChI=1S/C3H5N.C3H8.2ClH.2H2N.Pt/c1-2-3-4;1-3-2;;;;;/h2H2,1H3;3H2,1-2H3;2*1H;2*1H2;/q;;;;2*-1;+1/p-1. The Morgan fingerprint density at radius 1 is 1.17 bits per heavy atom. The van der Waals surface area contributed by atoms with Gasteiger partial charge in [-0.25, -0.2) is 0 Å². The van der Waals surface area contributed by atoms with Crippen LogP contribution in [0.1, 0.15) is 33.6 Å². The minimum Gasteiger partial charge on any atom is -0.693 e. The van der Waals surface area contributed by atoms with E-state index in [1.54, 1.807) is 18.8 Å². The third-order valence-electron chi connectivity index (χ3n) is 0.158. The van der Waals surface area contributed by atoms with Gasteiger partial charge in [-0.15, -0.1) is 12.4 Å². The van der Waals surface area contributed by atoms with Crippen molar-refractivity contribution in [3.05, 3.63) is 12.3 Å². The minimum atomic E-state index is 0. The Labute approximate surface area is 97.6 Å². The van der Waals surface area contributed by atoms with Gasteiger partial charge in [-0.3, -0.25) is 0 Å². The van der Waals surface area contributed by atoms with Gasteiger partial charge in [0.2, 0.25) is 0 Å². The molecule has 12 heavy (non-hydrogen) atoms. The molecule has 0 aromatic carbocycles. The van der Waals surface area contributed by atoms with Crippen LogP contribution in [0.2, 0.25) is 0 Å². The number of hydrogen-bond acceptors (Lipinski definition) is 1. The van der Waals surface area contributed by atoms with E-state index in [4.69, 9.17) is 5.26 Å². The summed E-state index contributed by atoms with van der Waals surface area (Å²) in [5, 5.41) is 7.62. The van der Waals surface area contributed by atoms with E-state index in [-0.39, 0.29) is 24.7 Å². The van der Waals surface area contributed by atoms with Gasteiger partial charge in [0.15, 0.2) is 0 Å². The largest absolute Gasteiger partial charge is 0.693 e. The molecular weight excluding hydrogens is 380 g/mol. The summed E-state index contributed by atoms with van der Waals surface area (Å²) >= 11 is 1.61. The van der Waals surface area contributed by atoms with Crippen LogP contribution < -0.4 is 0 Å². The fourth-order valence-electron chi connectivity index (χ4n) is 0. The average molecular weight is 398 g/mol. The van der Waals surface area contributed by atoms with Gasteiger partial charge in [-0.2, -0.15) is 5.26 Å². The minimum absolute atomic E-state index is 0. The molecular formula is C6H18Cl2N3Pt-2. The van der Waals surface area contributed by atoms with Crippen molar-refractivity contribution in [2.45, 2.75) is 33.6 Å². The molecule has 0 fully saturated rings. The molecule has 0 heterocycles. The molecule has 0 atom stereocenters. The van der Waals surface area contributed by atoms with Crippen molar-refractivity contribution < 1.29 is 18.8 Å². The fraction of sp³-hybridized carbons (Fsp3) is 0.833. The van der Waals surface area contributed by atoms with Crippen molar-refractivity contribution in [1.29, 1.82) is 5.26 Å². The summed E-state index contributed by atoms with van der Waals surface area (Å²) < 4.78 is 0. The summed E-state index contributed by atoms with van der Waals surface area (Å²) in [7, 11) is 4.61. The van der Waals surface area contributed by atoms with Crippen LogP contribution >= 0.6 is 21.8 Å². The molecule has 0 aliphatic rings. The first kappa shape index (κ1) is 38.8. The first-order valence-electron chi connectivity index (χ1n) is 2.82. The predicted octanol–water partition coefficient (Wildman–Crippen LogP) is 4.88. The average Bonchev–Trinajstić information content (AvgIpc) is 1.94. The Bertz CT molecular complexity index is 59.2. The predicted molar refractivity (Wildman–Crippen MR) is 55.5 cm³/mol. The molecule has 83 valence electrons. The molecule has 0 rings (SSSR count). The molecule has 6 heteroatoms. The van der Waals surface area contributed by atoms with Gasteiger partial charge in [0.05, 0.1) is 6.07 Å². The quantitative estimate of drug-likeness (QED) is 0.572. The van der Waals surface area contributed by atoms with Gasteiger partial charge in [0.1, 0.15) is 0 Å². The topological polar surface area (TPSA) is 90.8 Å². The summed E-state index contributed by atoms with van der Waals surface area (Å²) in [4.78, 5) is 0. The zero-order valence-electron chi connectivity index (χ0n) is 7.62. The molecule has 0 aromatic rings. The van der Waals surface area contributed by atoms with E-state index >= 15 is 0 Å². The summed E-state index contributed by atoms with van der Waals surface area (Å²) in [5.41, 5.74) is 0. The summed E-state index contributed by atoms with van der Waals surface area (Å²) in [6.45, 7) is 6.07. The third kappa shape index (κ3) is 355. The van der Waals surface area contributed by atoms with Crippen LogP contribution in [0.5, 0.6) is 0 Å². The Balaban J connectivity index is -0.0000000105. The number of nitriles is 1. The molecule has 0 aliphatic carbocycles. The van der Waals surface area contributed by atoms with Crippen molar-refractivity contribution in [3.63, 3.8) is 0 Å². The number of nitrogens with zero attached hydrogens (tertiary/aromatic N) is 1. The molecule has 0 unspecified atom stereocenters. The maximum atomic E-state index is 7.62. The Hall–Kier alpha value is 0.678. The number of nitrogens with two attached hydrogens (primary N) is 2. The molecule has 0 aromatic heterocycles. The number of halogens is 2. The van der Waals surface area contributed by atoms with Gasteiger partial charge in [0, 0.05) is 6.42 Å². The van der Waals surface area contributed by atoms with Gasteiger partial charge < -0.3 is 12.3 Å². The van der Waals surface area contributed by atoms with E-state index in [0.29, 0.717) is 6.42 Å². The van der Waals surface area contributed by atoms with Crippen molar-refractivity contribution in [2.24, 2.45) is 0 Å². The van der Waals surface area contributed by atoms with Crippen molar-refractivity contribution >= 4 is 21.8 Å². The van der Waals surface area contributed by atoms with Crippen LogP contribution in [0.4, 0.5) is 0 Å².